The second kappa shape index (κ2) is 7.44. The molecule has 2 heterocycles. The highest BCUT2D eigenvalue weighted by atomic mass is 35.5. The zero-order chi connectivity index (χ0) is 18.1. The summed E-state index contributed by atoms with van der Waals surface area (Å²) in [6.45, 7) is 0.672. The van der Waals surface area contributed by atoms with E-state index in [-0.39, 0.29) is 29.4 Å². The molecule has 0 bridgehead atoms. The molecular formula is C18H18ClFN4OS. The summed E-state index contributed by atoms with van der Waals surface area (Å²) in [7, 11) is 0. The van der Waals surface area contributed by atoms with Gasteiger partial charge in [0, 0.05) is 28.8 Å². The van der Waals surface area contributed by atoms with Crippen LogP contribution in [0.4, 0.5) is 9.18 Å². The second-order valence-corrected chi connectivity index (χ2v) is 7.70. The Bertz CT molecular complexity index is 789. The molecule has 2 aromatic carbocycles. The van der Waals surface area contributed by atoms with Crippen molar-refractivity contribution >= 4 is 29.4 Å². The van der Waals surface area contributed by atoms with Crippen molar-refractivity contribution in [2.24, 2.45) is 0 Å². The van der Waals surface area contributed by atoms with Crippen molar-refractivity contribution in [1.29, 1.82) is 0 Å². The number of nitrogens with one attached hydrogen (secondary N) is 3. The molecule has 3 unspecified atom stereocenters. The molecule has 0 aromatic heterocycles. The van der Waals surface area contributed by atoms with Crippen LogP contribution in [0.25, 0.3) is 0 Å². The van der Waals surface area contributed by atoms with Gasteiger partial charge in [-0.25, -0.2) is 19.6 Å². The average Bonchev–Trinajstić information content (AvgIpc) is 3.06. The monoisotopic (exact) mass is 392 g/mol. The minimum atomic E-state index is -0.335. The van der Waals surface area contributed by atoms with Gasteiger partial charge in [-0.15, -0.1) is 11.8 Å². The molecule has 2 amide bonds. The molecule has 8 heteroatoms. The minimum absolute atomic E-state index is 0.141. The van der Waals surface area contributed by atoms with Crippen molar-refractivity contribution < 1.29 is 9.18 Å². The van der Waals surface area contributed by atoms with E-state index in [2.05, 4.69) is 28.2 Å². The van der Waals surface area contributed by atoms with E-state index in [1.807, 2.05) is 18.2 Å². The summed E-state index contributed by atoms with van der Waals surface area (Å²) in [4.78, 5) is 12.4. The third kappa shape index (κ3) is 3.40. The van der Waals surface area contributed by atoms with Crippen molar-refractivity contribution in [2.75, 3.05) is 6.54 Å². The predicted molar refractivity (Wildman–Crippen MR) is 101 cm³/mol. The molecule has 0 saturated carbocycles. The maximum Gasteiger partial charge on any atom is 0.335 e. The topological polar surface area (TPSA) is 56.4 Å². The van der Waals surface area contributed by atoms with Crippen LogP contribution in [-0.2, 0) is 5.75 Å². The number of urea groups is 1. The first kappa shape index (κ1) is 17.6. The summed E-state index contributed by atoms with van der Waals surface area (Å²) in [5.74, 6) is 0.167. The van der Waals surface area contributed by atoms with Gasteiger partial charge in [-0.05, 0) is 17.7 Å². The van der Waals surface area contributed by atoms with E-state index < -0.39 is 0 Å². The molecule has 3 atom stereocenters. The Hall–Kier alpha value is -1.80. The SMILES string of the molecule is O=C1NC(SCc2c(F)cccc2Cl)NC2C(c3ccccc3)CNN12. The number of fused-ring (bicyclic) bond motifs is 1. The predicted octanol–water partition coefficient (Wildman–Crippen LogP) is 3.24. The first-order valence-electron chi connectivity index (χ1n) is 8.32. The Kier molecular flexibility index (Phi) is 5.04. The Morgan fingerprint density at radius 1 is 1.19 bits per heavy atom. The molecule has 2 aliphatic rings. The third-order valence-electron chi connectivity index (χ3n) is 4.62. The van der Waals surface area contributed by atoms with Gasteiger partial charge in [-0.3, -0.25) is 5.32 Å². The number of thioether (sulfide) groups is 1. The quantitative estimate of drug-likeness (QED) is 0.747. The van der Waals surface area contributed by atoms with E-state index in [1.165, 1.54) is 17.8 Å². The lowest BCUT2D eigenvalue weighted by molar-refractivity contribution is 0.128. The van der Waals surface area contributed by atoms with Crippen LogP contribution in [0.5, 0.6) is 0 Å². The Balaban J connectivity index is 1.47. The van der Waals surface area contributed by atoms with Gasteiger partial charge in [0.1, 0.15) is 17.5 Å². The molecule has 2 aliphatic heterocycles. The molecule has 2 saturated heterocycles. The number of hydrazine groups is 1. The fourth-order valence-corrected chi connectivity index (χ4v) is 4.64. The Morgan fingerprint density at radius 2 is 2.00 bits per heavy atom. The number of hydrogen-bond acceptors (Lipinski definition) is 4. The van der Waals surface area contributed by atoms with Gasteiger partial charge < -0.3 is 5.32 Å². The van der Waals surface area contributed by atoms with Crippen LogP contribution in [0, 0.1) is 5.82 Å². The maximum absolute atomic E-state index is 14.0. The highest BCUT2D eigenvalue weighted by Gasteiger charge is 2.43. The Labute approximate surface area is 160 Å². The highest BCUT2D eigenvalue weighted by molar-refractivity contribution is 7.99. The van der Waals surface area contributed by atoms with Crippen LogP contribution in [0.3, 0.4) is 0 Å². The molecule has 2 aromatic rings. The van der Waals surface area contributed by atoms with E-state index in [4.69, 9.17) is 11.6 Å². The van der Waals surface area contributed by atoms with E-state index in [0.717, 1.165) is 5.56 Å². The molecule has 3 N–H and O–H groups in total. The van der Waals surface area contributed by atoms with Gasteiger partial charge in [0.15, 0.2) is 0 Å². The summed E-state index contributed by atoms with van der Waals surface area (Å²) < 4.78 is 14.0. The smallest absolute Gasteiger partial charge is 0.312 e. The van der Waals surface area contributed by atoms with Gasteiger partial charge in [0.05, 0.1) is 0 Å². The molecule has 0 aliphatic carbocycles. The first-order valence-corrected chi connectivity index (χ1v) is 9.75. The normalized spacial score (nSPS) is 25.1. The highest BCUT2D eigenvalue weighted by Crippen LogP contribution is 2.31. The number of benzene rings is 2. The van der Waals surface area contributed by atoms with E-state index in [0.29, 0.717) is 22.9 Å². The molecule has 5 nitrogen and oxygen atoms in total. The lowest BCUT2D eigenvalue weighted by Gasteiger charge is -2.37. The average molecular weight is 393 g/mol. The van der Waals surface area contributed by atoms with Crippen molar-refractivity contribution in [3.05, 3.63) is 70.5 Å². The number of nitrogens with zero attached hydrogens (tertiary/aromatic N) is 1. The van der Waals surface area contributed by atoms with E-state index >= 15 is 0 Å². The second-order valence-electron chi connectivity index (χ2n) is 6.20. The molecule has 4 rings (SSSR count). The summed E-state index contributed by atoms with van der Waals surface area (Å²) in [5, 5.41) is 8.29. The van der Waals surface area contributed by atoms with Crippen LogP contribution >= 0.6 is 23.4 Å². The van der Waals surface area contributed by atoms with Gasteiger partial charge in [0.25, 0.3) is 0 Å². The van der Waals surface area contributed by atoms with Crippen molar-refractivity contribution in [3.63, 3.8) is 0 Å². The number of carbonyl (C=O) groups excluding carboxylic acids is 1. The van der Waals surface area contributed by atoms with Gasteiger partial charge in [-0.2, -0.15) is 0 Å². The van der Waals surface area contributed by atoms with Gasteiger partial charge >= 0.3 is 6.03 Å². The van der Waals surface area contributed by atoms with E-state index in [1.54, 1.807) is 17.1 Å². The summed E-state index contributed by atoms with van der Waals surface area (Å²) in [6, 6.07) is 14.5. The zero-order valence-corrected chi connectivity index (χ0v) is 15.4. The lowest BCUT2D eigenvalue weighted by atomic mass is 9.97. The zero-order valence-electron chi connectivity index (χ0n) is 13.8. The first-order chi connectivity index (χ1) is 12.6. The summed E-state index contributed by atoms with van der Waals surface area (Å²) >= 11 is 7.50. The molecule has 26 heavy (non-hydrogen) atoms. The fraction of sp³-hybridized carbons (Fsp3) is 0.278. The molecule has 2 fully saturated rings. The van der Waals surface area contributed by atoms with Crippen LogP contribution < -0.4 is 16.1 Å². The van der Waals surface area contributed by atoms with Crippen LogP contribution in [0.15, 0.2) is 48.5 Å². The lowest BCUT2D eigenvalue weighted by Crippen LogP contribution is -2.65. The largest absolute Gasteiger partial charge is 0.335 e. The van der Waals surface area contributed by atoms with Crippen LogP contribution in [0.2, 0.25) is 5.02 Å². The standard InChI is InChI=1S/C18H18ClFN4OS/c19-14-7-4-8-15(20)13(14)10-26-17-22-16-12(11-5-2-1-3-6-11)9-21-24(16)18(25)23-17/h1-8,12,16-17,21-22H,9-10H2,(H,23,25). The van der Waals surface area contributed by atoms with E-state index in [9.17, 15) is 9.18 Å². The van der Waals surface area contributed by atoms with Gasteiger partial charge in [0.2, 0.25) is 0 Å². The number of carbonyl (C=O) groups is 1. The number of halogens is 2. The molecule has 0 radical (unpaired) electrons. The molecule has 136 valence electrons. The number of amides is 2. The van der Waals surface area contributed by atoms with Gasteiger partial charge in [-0.1, -0.05) is 48.0 Å². The van der Waals surface area contributed by atoms with Crippen molar-refractivity contribution in [2.45, 2.75) is 23.3 Å². The van der Waals surface area contributed by atoms with Crippen LogP contribution in [-0.4, -0.2) is 29.2 Å². The number of hydrogen-bond donors (Lipinski definition) is 3. The molecule has 0 spiro atoms. The maximum atomic E-state index is 14.0. The van der Waals surface area contributed by atoms with Crippen LogP contribution in [0.1, 0.15) is 17.0 Å². The number of rotatable bonds is 4. The third-order valence-corrected chi connectivity index (χ3v) is 6.02. The summed E-state index contributed by atoms with van der Waals surface area (Å²) in [6.07, 6.45) is -0.167. The minimum Gasteiger partial charge on any atom is -0.312 e. The molecular weight excluding hydrogens is 375 g/mol. The van der Waals surface area contributed by atoms with Crippen molar-refractivity contribution in [3.8, 4) is 0 Å². The van der Waals surface area contributed by atoms with Crippen molar-refractivity contribution in [1.82, 2.24) is 21.1 Å². The summed E-state index contributed by atoms with van der Waals surface area (Å²) in [5.41, 5.74) is 4.42. The Morgan fingerprint density at radius 3 is 2.77 bits per heavy atom. The fourth-order valence-electron chi connectivity index (χ4n) is 3.28.